The second kappa shape index (κ2) is 6.01. The molecular formula is C15H17NOS. The van der Waals surface area contributed by atoms with Crippen molar-refractivity contribution in [2.75, 3.05) is 5.75 Å². The molecule has 94 valence electrons. The summed E-state index contributed by atoms with van der Waals surface area (Å²) in [5.41, 5.74) is 2.31. The molecular weight excluding hydrogens is 242 g/mol. The summed E-state index contributed by atoms with van der Waals surface area (Å²) in [6.45, 7) is 3.76. The molecule has 0 atom stereocenters. The second-order valence-corrected chi connectivity index (χ2v) is 5.56. The Morgan fingerprint density at radius 2 is 2.11 bits per heavy atom. The van der Waals surface area contributed by atoms with Gasteiger partial charge in [0.15, 0.2) is 0 Å². The quantitative estimate of drug-likeness (QED) is 0.600. The first-order valence-electron chi connectivity index (χ1n) is 6.15. The van der Waals surface area contributed by atoms with E-state index in [1.165, 1.54) is 10.9 Å². The standard InChI is InChI=1S/C15H17NOS/c1-11-10-15(18-9-5-6-12(2)17)16-14-8-4-3-7-13(11)14/h3-4,7-8,10H,5-6,9H2,1-2H3. The molecule has 18 heavy (non-hydrogen) atoms. The third-order valence-corrected chi connectivity index (χ3v) is 3.82. The van der Waals surface area contributed by atoms with E-state index in [-0.39, 0.29) is 5.78 Å². The Morgan fingerprint density at radius 3 is 2.89 bits per heavy atom. The molecule has 0 saturated carbocycles. The molecule has 2 rings (SSSR count). The van der Waals surface area contributed by atoms with Crippen LogP contribution in [0.3, 0.4) is 0 Å². The highest BCUT2D eigenvalue weighted by Crippen LogP contribution is 2.24. The fraction of sp³-hybridized carbons (Fsp3) is 0.333. The topological polar surface area (TPSA) is 30.0 Å². The molecule has 0 bridgehead atoms. The summed E-state index contributed by atoms with van der Waals surface area (Å²) in [7, 11) is 0. The summed E-state index contributed by atoms with van der Waals surface area (Å²) >= 11 is 1.73. The number of rotatable bonds is 5. The SMILES string of the molecule is CC(=O)CCCSc1cc(C)c2ccccc2n1. The maximum Gasteiger partial charge on any atom is 0.129 e. The minimum atomic E-state index is 0.262. The second-order valence-electron chi connectivity index (χ2n) is 4.45. The molecule has 0 spiro atoms. The lowest BCUT2D eigenvalue weighted by molar-refractivity contribution is -0.117. The molecule has 0 saturated heterocycles. The molecule has 1 aromatic heterocycles. The molecule has 0 aliphatic carbocycles. The van der Waals surface area contributed by atoms with E-state index in [9.17, 15) is 4.79 Å². The minimum Gasteiger partial charge on any atom is -0.300 e. The van der Waals surface area contributed by atoms with Crippen molar-refractivity contribution in [2.45, 2.75) is 31.7 Å². The van der Waals surface area contributed by atoms with Gasteiger partial charge in [0.05, 0.1) is 10.5 Å². The van der Waals surface area contributed by atoms with Crippen LogP contribution in [0.25, 0.3) is 10.9 Å². The fourth-order valence-electron chi connectivity index (χ4n) is 1.89. The number of aromatic nitrogens is 1. The van der Waals surface area contributed by atoms with E-state index in [4.69, 9.17) is 0 Å². The highest BCUT2D eigenvalue weighted by Gasteiger charge is 2.03. The van der Waals surface area contributed by atoms with Gasteiger partial charge in [-0.3, -0.25) is 0 Å². The molecule has 0 unspecified atom stereocenters. The van der Waals surface area contributed by atoms with E-state index < -0.39 is 0 Å². The number of aryl methyl sites for hydroxylation is 1. The van der Waals surface area contributed by atoms with Crippen molar-refractivity contribution in [3.05, 3.63) is 35.9 Å². The number of hydrogen-bond donors (Lipinski definition) is 0. The highest BCUT2D eigenvalue weighted by molar-refractivity contribution is 7.99. The molecule has 1 heterocycles. The number of nitrogens with zero attached hydrogens (tertiary/aromatic N) is 1. The zero-order valence-corrected chi connectivity index (χ0v) is 11.6. The molecule has 0 amide bonds. The van der Waals surface area contributed by atoms with Crippen LogP contribution in [0.1, 0.15) is 25.3 Å². The first-order valence-corrected chi connectivity index (χ1v) is 7.14. The van der Waals surface area contributed by atoms with Crippen LogP contribution in [0.5, 0.6) is 0 Å². The monoisotopic (exact) mass is 259 g/mol. The van der Waals surface area contributed by atoms with Gasteiger partial charge in [0, 0.05) is 11.8 Å². The molecule has 2 nitrogen and oxygen atoms in total. The Bertz CT molecular complexity index is 565. The Balaban J connectivity index is 2.07. The van der Waals surface area contributed by atoms with Crippen LogP contribution in [0, 0.1) is 6.92 Å². The van der Waals surface area contributed by atoms with E-state index in [0.29, 0.717) is 6.42 Å². The Labute approximate surface area is 112 Å². The zero-order chi connectivity index (χ0) is 13.0. The lowest BCUT2D eigenvalue weighted by Gasteiger charge is -2.05. The fourth-order valence-corrected chi connectivity index (χ4v) is 2.81. The van der Waals surface area contributed by atoms with Gasteiger partial charge in [-0.05, 0) is 43.7 Å². The summed E-state index contributed by atoms with van der Waals surface area (Å²) in [6, 6.07) is 10.3. The van der Waals surface area contributed by atoms with Gasteiger partial charge >= 0.3 is 0 Å². The van der Waals surface area contributed by atoms with Gasteiger partial charge in [-0.2, -0.15) is 0 Å². The van der Waals surface area contributed by atoms with Gasteiger partial charge in [-0.25, -0.2) is 4.98 Å². The van der Waals surface area contributed by atoms with Crippen LogP contribution in [-0.2, 0) is 4.79 Å². The predicted octanol–water partition coefficient (Wildman–Crippen LogP) is 4.00. The Morgan fingerprint density at radius 1 is 1.33 bits per heavy atom. The third-order valence-electron chi connectivity index (χ3n) is 2.82. The minimum absolute atomic E-state index is 0.262. The Hall–Kier alpha value is -1.35. The average Bonchev–Trinajstić information content (AvgIpc) is 2.35. The molecule has 0 radical (unpaired) electrons. The van der Waals surface area contributed by atoms with Gasteiger partial charge in [0.25, 0.3) is 0 Å². The van der Waals surface area contributed by atoms with Crippen LogP contribution in [0.15, 0.2) is 35.4 Å². The smallest absolute Gasteiger partial charge is 0.129 e. The number of pyridine rings is 1. The average molecular weight is 259 g/mol. The summed E-state index contributed by atoms with van der Waals surface area (Å²) < 4.78 is 0. The summed E-state index contributed by atoms with van der Waals surface area (Å²) in [5, 5.41) is 2.26. The number of benzene rings is 1. The lowest BCUT2D eigenvalue weighted by atomic mass is 10.1. The third kappa shape index (κ3) is 3.33. The zero-order valence-electron chi connectivity index (χ0n) is 10.8. The van der Waals surface area contributed by atoms with Crippen LogP contribution < -0.4 is 0 Å². The van der Waals surface area contributed by atoms with Crippen LogP contribution in [-0.4, -0.2) is 16.5 Å². The molecule has 0 aliphatic rings. The van der Waals surface area contributed by atoms with Gasteiger partial charge in [-0.1, -0.05) is 18.2 Å². The van der Waals surface area contributed by atoms with E-state index in [1.54, 1.807) is 18.7 Å². The van der Waals surface area contributed by atoms with Crippen molar-refractivity contribution < 1.29 is 4.79 Å². The van der Waals surface area contributed by atoms with Gasteiger partial charge in [0.2, 0.25) is 0 Å². The van der Waals surface area contributed by atoms with Crippen molar-refractivity contribution >= 4 is 28.4 Å². The molecule has 0 N–H and O–H groups in total. The molecule has 1 aromatic carbocycles. The predicted molar refractivity (Wildman–Crippen MR) is 77.1 cm³/mol. The number of carbonyl (C=O) groups is 1. The number of hydrogen-bond acceptors (Lipinski definition) is 3. The van der Waals surface area contributed by atoms with Crippen molar-refractivity contribution in [3.8, 4) is 0 Å². The van der Waals surface area contributed by atoms with Gasteiger partial charge in [-0.15, -0.1) is 11.8 Å². The summed E-state index contributed by atoms with van der Waals surface area (Å²) in [6.07, 6.45) is 1.59. The summed E-state index contributed by atoms with van der Waals surface area (Å²) in [5.74, 6) is 1.21. The number of thioether (sulfide) groups is 1. The van der Waals surface area contributed by atoms with Crippen molar-refractivity contribution in [1.82, 2.24) is 4.98 Å². The maximum atomic E-state index is 10.9. The Kier molecular flexibility index (Phi) is 4.37. The number of para-hydroxylation sites is 1. The van der Waals surface area contributed by atoms with Crippen LogP contribution in [0.2, 0.25) is 0 Å². The van der Waals surface area contributed by atoms with Gasteiger partial charge < -0.3 is 4.79 Å². The number of Topliss-reactive ketones (excluding diaryl/α,β-unsaturated/α-hetero) is 1. The van der Waals surface area contributed by atoms with E-state index in [2.05, 4.69) is 24.0 Å². The molecule has 3 heteroatoms. The van der Waals surface area contributed by atoms with E-state index in [1.807, 2.05) is 18.2 Å². The summed E-state index contributed by atoms with van der Waals surface area (Å²) in [4.78, 5) is 15.5. The van der Waals surface area contributed by atoms with Crippen molar-refractivity contribution in [2.24, 2.45) is 0 Å². The molecule has 0 fully saturated rings. The number of fused-ring (bicyclic) bond motifs is 1. The number of ketones is 1. The van der Waals surface area contributed by atoms with Gasteiger partial charge in [0.1, 0.15) is 5.78 Å². The lowest BCUT2D eigenvalue weighted by Crippen LogP contribution is -1.92. The van der Waals surface area contributed by atoms with Crippen molar-refractivity contribution in [3.63, 3.8) is 0 Å². The van der Waals surface area contributed by atoms with Crippen molar-refractivity contribution in [1.29, 1.82) is 0 Å². The van der Waals surface area contributed by atoms with Crippen LogP contribution >= 0.6 is 11.8 Å². The largest absolute Gasteiger partial charge is 0.300 e. The first kappa shape index (κ1) is 13.1. The van der Waals surface area contributed by atoms with Crippen LogP contribution in [0.4, 0.5) is 0 Å². The highest BCUT2D eigenvalue weighted by atomic mass is 32.2. The maximum absolute atomic E-state index is 10.9. The normalized spacial score (nSPS) is 10.8. The molecule has 0 aliphatic heterocycles. The first-order chi connectivity index (χ1) is 8.66. The van der Waals surface area contributed by atoms with E-state index in [0.717, 1.165) is 22.7 Å². The number of carbonyl (C=O) groups excluding carboxylic acids is 1. The van der Waals surface area contributed by atoms with E-state index >= 15 is 0 Å². The molecule has 2 aromatic rings.